The first-order valence-electron chi connectivity index (χ1n) is 9.26. The molecule has 0 spiro atoms. The van der Waals surface area contributed by atoms with Gasteiger partial charge in [0.2, 0.25) is 0 Å². The normalized spacial score (nSPS) is 18.9. The number of rotatable bonds is 8. The highest BCUT2D eigenvalue weighted by molar-refractivity contribution is 5.52. The zero-order valence-corrected chi connectivity index (χ0v) is 14.3. The Balaban J connectivity index is 1.96. The lowest BCUT2D eigenvalue weighted by Gasteiger charge is -2.34. The number of aliphatic hydroxyl groups is 2. The van der Waals surface area contributed by atoms with Crippen LogP contribution in [0.15, 0.2) is 48.5 Å². The van der Waals surface area contributed by atoms with Gasteiger partial charge in [-0.05, 0) is 47.9 Å². The van der Waals surface area contributed by atoms with E-state index in [0.717, 1.165) is 38.5 Å². The van der Waals surface area contributed by atoms with Crippen LogP contribution < -0.4 is 0 Å². The molecule has 2 aromatic carbocycles. The maximum Gasteiger partial charge on any atom is 0.0431 e. The first-order valence-corrected chi connectivity index (χ1v) is 9.26. The molecule has 2 nitrogen and oxygen atoms in total. The Morgan fingerprint density at radius 2 is 0.875 bits per heavy atom. The first-order chi connectivity index (χ1) is 11.9. The lowest BCUT2D eigenvalue weighted by Crippen LogP contribution is -2.18. The summed E-state index contributed by atoms with van der Waals surface area (Å²) in [7, 11) is 0. The molecule has 1 aliphatic carbocycles. The van der Waals surface area contributed by atoms with Crippen molar-refractivity contribution >= 4 is 0 Å². The van der Waals surface area contributed by atoms with Crippen molar-refractivity contribution in [3.63, 3.8) is 0 Å². The Hall–Kier alpha value is -1.64. The minimum absolute atomic E-state index is 0.278. The Kier molecular flexibility index (Phi) is 6.06. The van der Waals surface area contributed by atoms with Gasteiger partial charge in [0.25, 0.3) is 0 Å². The number of hydrogen-bond donors (Lipinski definition) is 2. The molecule has 0 fully saturated rings. The Morgan fingerprint density at radius 3 is 1.17 bits per heavy atom. The molecular formula is C22H28O2. The van der Waals surface area contributed by atoms with Gasteiger partial charge in [-0.2, -0.15) is 0 Å². The minimum atomic E-state index is 0.278. The molecule has 0 heterocycles. The molecule has 1 aliphatic rings. The van der Waals surface area contributed by atoms with Gasteiger partial charge in [0.15, 0.2) is 0 Å². The van der Waals surface area contributed by atoms with Gasteiger partial charge in [0.05, 0.1) is 0 Å². The molecule has 0 atom stereocenters. The lowest BCUT2D eigenvalue weighted by atomic mass is 9.70. The maximum absolute atomic E-state index is 9.13. The number of aliphatic hydroxyl groups excluding tert-OH is 2. The predicted molar refractivity (Wildman–Crippen MR) is 98.4 cm³/mol. The van der Waals surface area contributed by atoms with Crippen LogP contribution in [0.1, 0.15) is 72.6 Å². The van der Waals surface area contributed by atoms with Gasteiger partial charge in [-0.25, -0.2) is 0 Å². The molecule has 0 radical (unpaired) electrons. The van der Waals surface area contributed by atoms with Crippen LogP contribution in [0, 0.1) is 0 Å². The molecule has 128 valence electrons. The fourth-order valence-corrected chi connectivity index (χ4v) is 4.17. The number of fused-ring (bicyclic) bond motifs is 2. The second kappa shape index (κ2) is 8.46. The van der Waals surface area contributed by atoms with E-state index in [1.807, 2.05) is 0 Å². The largest absolute Gasteiger partial charge is 0.396 e. The quantitative estimate of drug-likeness (QED) is 0.697. The predicted octanol–water partition coefficient (Wildman–Crippen LogP) is 4.59. The summed E-state index contributed by atoms with van der Waals surface area (Å²) in [6.45, 7) is 0.555. The third kappa shape index (κ3) is 3.55. The molecule has 0 saturated heterocycles. The van der Waals surface area contributed by atoms with Crippen molar-refractivity contribution in [2.75, 3.05) is 13.2 Å². The van der Waals surface area contributed by atoms with Crippen molar-refractivity contribution in [2.45, 2.75) is 50.4 Å². The molecular weight excluding hydrogens is 296 g/mol. The van der Waals surface area contributed by atoms with E-state index in [1.165, 1.54) is 22.3 Å². The van der Waals surface area contributed by atoms with E-state index in [0.29, 0.717) is 11.8 Å². The van der Waals surface area contributed by atoms with Crippen LogP contribution in [0.4, 0.5) is 0 Å². The van der Waals surface area contributed by atoms with Crippen LogP contribution in [0.3, 0.4) is 0 Å². The fraction of sp³-hybridized carbons (Fsp3) is 0.455. The van der Waals surface area contributed by atoms with E-state index in [-0.39, 0.29) is 13.2 Å². The summed E-state index contributed by atoms with van der Waals surface area (Å²) >= 11 is 0. The molecule has 0 aromatic heterocycles. The number of hydrogen-bond acceptors (Lipinski definition) is 2. The average molecular weight is 324 g/mol. The summed E-state index contributed by atoms with van der Waals surface area (Å²) in [5.41, 5.74) is 5.84. The van der Waals surface area contributed by atoms with Gasteiger partial charge in [-0.3, -0.25) is 0 Å². The Bertz CT molecular complexity index is 546. The van der Waals surface area contributed by atoms with Crippen molar-refractivity contribution in [1.29, 1.82) is 0 Å². The third-order valence-electron chi connectivity index (χ3n) is 5.30. The standard InChI is InChI=1S/C22H28O2/c23-15-7-5-13-21-17-9-1-2-10-18(17)22(14-6-8-16-24)20-12-4-3-11-19(20)21/h1-4,9-12,21-24H,5-8,13-16H2. The van der Waals surface area contributed by atoms with E-state index in [2.05, 4.69) is 48.5 Å². The van der Waals surface area contributed by atoms with Gasteiger partial charge in [0.1, 0.15) is 0 Å². The van der Waals surface area contributed by atoms with E-state index in [9.17, 15) is 0 Å². The van der Waals surface area contributed by atoms with E-state index in [4.69, 9.17) is 10.2 Å². The monoisotopic (exact) mass is 324 g/mol. The zero-order chi connectivity index (χ0) is 16.8. The van der Waals surface area contributed by atoms with Gasteiger partial charge < -0.3 is 10.2 Å². The molecule has 0 aliphatic heterocycles. The minimum Gasteiger partial charge on any atom is -0.396 e. The molecule has 0 saturated carbocycles. The molecule has 2 heteroatoms. The average Bonchev–Trinajstić information content (AvgIpc) is 2.63. The lowest BCUT2D eigenvalue weighted by molar-refractivity contribution is 0.280. The summed E-state index contributed by atoms with van der Waals surface area (Å²) in [5.74, 6) is 0.885. The van der Waals surface area contributed by atoms with Gasteiger partial charge >= 0.3 is 0 Å². The smallest absolute Gasteiger partial charge is 0.0431 e. The molecule has 2 aromatic rings. The molecule has 2 N–H and O–H groups in total. The number of unbranched alkanes of at least 4 members (excludes halogenated alkanes) is 2. The van der Waals surface area contributed by atoms with Crippen molar-refractivity contribution < 1.29 is 10.2 Å². The van der Waals surface area contributed by atoms with Crippen LogP contribution in [0.5, 0.6) is 0 Å². The summed E-state index contributed by atoms with van der Waals surface area (Å²) in [6, 6.07) is 17.7. The second-order valence-electron chi connectivity index (χ2n) is 6.80. The van der Waals surface area contributed by atoms with Gasteiger partial charge in [-0.15, -0.1) is 0 Å². The second-order valence-corrected chi connectivity index (χ2v) is 6.80. The molecule has 0 amide bonds. The van der Waals surface area contributed by atoms with Crippen molar-refractivity contribution in [3.8, 4) is 0 Å². The van der Waals surface area contributed by atoms with Gasteiger partial charge in [-0.1, -0.05) is 61.4 Å². The highest BCUT2D eigenvalue weighted by atomic mass is 16.3. The highest BCUT2D eigenvalue weighted by Crippen LogP contribution is 2.46. The van der Waals surface area contributed by atoms with Crippen molar-refractivity contribution in [3.05, 3.63) is 70.8 Å². The van der Waals surface area contributed by atoms with Crippen LogP contribution in [-0.2, 0) is 0 Å². The Morgan fingerprint density at radius 1 is 0.542 bits per heavy atom. The zero-order valence-electron chi connectivity index (χ0n) is 14.3. The van der Waals surface area contributed by atoms with Crippen LogP contribution >= 0.6 is 0 Å². The molecule has 24 heavy (non-hydrogen) atoms. The summed E-state index contributed by atoms with van der Waals surface area (Å²) in [5, 5.41) is 18.3. The summed E-state index contributed by atoms with van der Waals surface area (Å²) in [4.78, 5) is 0. The van der Waals surface area contributed by atoms with Crippen LogP contribution in [-0.4, -0.2) is 23.4 Å². The van der Waals surface area contributed by atoms with Crippen molar-refractivity contribution in [2.24, 2.45) is 0 Å². The Labute approximate surface area is 145 Å². The molecule has 0 bridgehead atoms. The number of benzene rings is 2. The third-order valence-corrected chi connectivity index (χ3v) is 5.30. The van der Waals surface area contributed by atoms with E-state index < -0.39 is 0 Å². The van der Waals surface area contributed by atoms with Crippen molar-refractivity contribution in [1.82, 2.24) is 0 Å². The summed E-state index contributed by atoms with van der Waals surface area (Å²) in [6.07, 6.45) is 6.05. The van der Waals surface area contributed by atoms with Gasteiger partial charge in [0, 0.05) is 25.0 Å². The summed E-state index contributed by atoms with van der Waals surface area (Å²) < 4.78 is 0. The SMILES string of the molecule is OCCCCC1c2ccccc2C(CCCCO)c2ccccc21. The van der Waals surface area contributed by atoms with E-state index >= 15 is 0 Å². The topological polar surface area (TPSA) is 40.5 Å². The fourth-order valence-electron chi connectivity index (χ4n) is 4.17. The maximum atomic E-state index is 9.13. The highest BCUT2D eigenvalue weighted by Gasteiger charge is 2.30. The van der Waals surface area contributed by atoms with Crippen LogP contribution in [0.25, 0.3) is 0 Å². The molecule has 0 unspecified atom stereocenters. The molecule has 3 rings (SSSR count). The van der Waals surface area contributed by atoms with E-state index in [1.54, 1.807) is 0 Å². The van der Waals surface area contributed by atoms with Crippen LogP contribution in [0.2, 0.25) is 0 Å². The first kappa shape index (κ1) is 17.2.